The van der Waals surface area contributed by atoms with Gasteiger partial charge in [0.05, 0.1) is 6.61 Å². The topological polar surface area (TPSA) is 72.5 Å². The average molecular weight is 332 g/mol. The number of hydrogen-bond acceptors (Lipinski definition) is 4. The summed E-state index contributed by atoms with van der Waals surface area (Å²) in [6.45, 7) is 0.720. The van der Waals surface area contributed by atoms with E-state index < -0.39 is 12.0 Å². The fourth-order valence-corrected chi connectivity index (χ4v) is 3.32. The van der Waals surface area contributed by atoms with Crippen molar-refractivity contribution >= 4 is 33.7 Å². The third kappa shape index (κ3) is 3.18. The van der Waals surface area contributed by atoms with Crippen molar-refractivity contribution in [3.63, 3.8) is 0 Å². The molecule has 2 rings (SSSR count). The number of carboxylic acids is 1. The van der Waals surface area contributed by atoms with Crippen molar-refractivity contribution in [2.24, 2.45) is 5.73 Å². The zero-order valence-electron chi connectivity index (χ0n) is 9.69. The molecule has 0 bridgehead atoms. The Bertz CT molecular complexity index is 467. The molecule has 1 atom stereocenters. The lowest BCUT2D eigenvalue weighted by atomic mass is 10.1. The van der Waals surface area contributed by atoms with Crippen LogP contribution in [0.4, 0.5) is 0 Å². The van der Waals surface area contributed by atoms with Crippen LogP contribution in [0, 0.1) is 0 Å². The summed E-state index contributed by atoms with van der Waals surface area (Å²) in [4.78, 5) is 10.6. The van der Waals surface area contributed by atoms with Crippen LogP contribution in [0.2, 0.25) is 0 Å². The molecule has 1 aromatic rings. The predicted molar refractivity (Wildman–Crippen MR) is 75.1 cm³/mol. The Balaban J connectivity index is 2.00. The first kappa shape index (κ1) is 13.7. The van der Waals surface area contributed by atoms with Crippen LogP contribution in [0.25, 0.3) is 0 Å². The molecule has 0 fully saturated rings. The quantitative estimate of drug-likeness (QED) is 0.863. The summed E-state index contributed by atoms with van der Waals surface area (Å²) in [7, 11) is 0. The van der Waals surface area contributed by atoms with Gasteiger partial charge in [-0.3, -0.25) is 4.79 Å². The lowest BCUT2D eigenvalue weighted by molar-refractivity contribution is -0.137. The van der Waals surface area contributed by atoms with E-state index >= 15 is 0 Å². The second-order valence-corrected chi connectivity index (χ2v) is 6.06. The Morgan fingerprint density at radius 2 is 2.39 bits per heavy atom. The van der Waals surface area contributed by atoms with E-state index in [1.54, 1.807) is 0 Å². The van der Waals surface area contributed by atoms with E-state index in [1.165, 1.54) is 17.3 Å². The van der Waals surface area contributed by atoms with Crippen LogP contribution in [0.5, 0.6) is 5.75 Å². The number of nitrogens with two attached hydrogens (primary N) is 1. The number of carboxylic acid groups (broad SMARTS) is 1. The molecule has 1 aliphatic heterocycles. The Hall–Kier alpha value is -0.720. The van der Waals surface area contributed by atoms with Crippen LogP contribution in [-0.2, 0) is 17.0 Å². The standard InChI is InChI=1S/C12H14BrNO3S/c13-9-3-7-1-2-17-11(7)8(4-9)5-18-6-10(14)12(15)16/h3-4,10H,1-2,5-6,14H2,(H,15,16). The minimum absolute atomic E-state index is 0.399. The molecule has 1 heterocycles. The van der Waals surface area contributed by atoms with Crippen LogP contribution in [0.1, 0.15) is 11.1 Å². The van der Waals surface area contributed by atoms with Gasteiger partial charge in [0.15, 0.2) is 0 Å². The summed E-state index contributed by atoms with van der Waals surface area (Å²) >= 11 is 4.99. The lowest BCUT2D eigenvalue weighted by Gasteiger charge is -2.10. The van der Waals surface area contributed by atoms with Crippen molar-refractivity contribution in [1.29, 1.82) is 0 Å². The molecule has 0 aromatic heterocycles. The van der Waals surface area contributed by atoms with Crippen LogP contribution in [0.15, 0.2) is 16.6 Å². The maximum atomic E-state index is 10.6. The molecule has 18 heavy (non-hydrogen) atoms. The van der Waals surface area contributed by atoms with Crippen molar-refractivity contribution < 1.29 is 14.6 Å². The summed E-state index contributed by atoms with van der Waals surface area (Å²) in [6, 6.07) is 3.28. The minimum Gasteiger partial charge on any atom is -0.493 e. The third-order valence-corrected chi connectivity index (χ3v) is 4.27. The molecule has 0 radical (unpaired) electrons. The SMILES string of the molecule is NC(CSCc1cc(Br)cc2c1OCC2)C(=O)O. The fraction of sp³-hybridized carbons (Fsp3) is 0.417. The smallest absolute Gasteiger partial charge is 0.321 e. The van der Waals surface area contributed by atoms with Gasteiger partial charge in [-0.2, -0.15) is 11.8 Å². The average Bonchev–Trinajstić information content (AvgIpc) is 2.76. The molecule has 0 saturated carbocycles. The summed E-state index contributed by atoms with van der Waals surface area (Å²) in [5.74, 6) is 1.10. The van der Waals surface area contributed by atoms with Crippen LogP contribution in [-0.4, -0.2) is 29.5 Å². The zero-order valence-corrected chi connectivity index (χ0v) is 12.1. The number of carbonyl (C=O) groups is 1. The molecule has 0 saturated heterocycles. The largest absolute Gasteiger partial charge is 0.493 e. The normalized spacial score (nSPS) is 15.0. The number of fused-ring (bicyclic) bond motifs is 1. The number of thioether (sulfide) groups is 1. The molecule has 1 aromatic carbocycles. The maximum Gasteiger partial charge on any atom is 0.321 e. The van der Waals surface area contributed by atoms with Gasteiger partial charge in [-0.25, -0.2) is 0 Å². The van der Waals surface area contributed by atoms with Crippen LogP contribution >= 0.6 is 27.7 Å². The van der Waals surface area contributed by atoms with E-state index in [0.717, 1.165) is 28.8 Å². The van der Waals surface area contributed by atoms with Gasteiger partial charge in [-0.05, 0) is 17.7 Å². The van der Waals surface area contributed by atoms with Crippen LogP contribution < -0.4 is 10.5 Å². The Morgan fingerprint density at radius 3 is 3.11 bits per heavy atom. The first-order valence-electron chi connectivity index (χ1n) is 5.58. The molecule has 6 heteroatoms. The molecular formula is C12H14BrNO3S. The van der Waals surface area contributed by atoms with Gasteiger partial charge in [0, 0.05) is 28.0 Å². The van der Waals surface area contributed by atoms with Crippen molar-refractivity contribution in [3.8, 4) is 5.75 Å². The molecule has 0 spiro atoms. The molecule has 1 aliphatic rings. The highest BCUT2D eigenvalue weighted by atomic mass is 79.9. The highest BCUT2D eigenvalue weighted by Gasteiger charge is 2.18. The predicted octanol–water partition coefficient (Wildman–Crippen LogP) is 2.03. The molecule has 4 nitrogen and oxygen atoms in total. The van der Waals surface area contributed by atoms with E-state index in [4.69, 9.17) is 15.6 Å². The van der Waals surface area contributed by atoms with E-state index in [1.807, 2.05) is 6.07 Å². The van der Waals surface area contributed by atoms with Gasteiger partial charge < -0.3 is 15.6 Å². The van der Waals surface area contributed by atoms with Crippen molar-refractivity contribution in [2.45, 2.75) is 18.2 Å². The maximum absolute atomic E-state index is 10.6. The lowest BCUT2D eigenvalue weighted by Crippen LogP contribution is -2.32. The molecule has 0 aliphatic carbocycles. The van der Waals surface area contributed by atoms with Gasteiger partial charge in [0.2, 0.25) is 0 Å². The summed E-state index contributed by atoms with van der Waals surface area (Å²) in [5, 5.41) is 8.71. The Labute approximate surface area is 118 Å². The highest BCUT2D eigenvalue weighted by molar-refractivity contribution is 9.10. The second kappa shape index (κ2) is 5.95. The molecular weight excluding hydrogens is 318 g/mol. The van der Waals surface area contributed by atoms with Crippen molar-refractivity contribution in [3.05, 3.63) is 27.7 Å². The molecule has 98 valence electrons. The van der Waals surface area contributed by atoms with Gasteiger partial charge in [0.1, 0.15) is 11.8 Å². The first-order valence-corrected chi connectivity index (χ1v) is 7.53. The van der Waals surface area contributed by atoms with E-state index in [2.05, 4.69) is 22.0 Å². The number of hydrogen-bond donors (Lipinski definition) is 2. The number of ether oxygens (including phenoxy) is 1. The number of benzene rings is 1. The minimum atomic E-state index is -0.960. The van der Waals surface area contributed by atoms with E-state index in [-0.39, 0.29) is 0 Å². The Morgan fingerprint density at radius 1 is 1.61 bits per heavy atom. The second-order valence-electron chi connectivity index (χ2n) is 4.11. The van der Waals surface area contributed by atoms with Gasteiger partial charge >= 0.3 is 5.97 Å². The zero-order chi connectivity index (χ0) is 13.1. The number of rotatable bonds is 5. The van der Waals surface area contributed by atoms with Crippen LogP contribution in [0.3, 0.4) is 0 Å². The fourth-order valence-electron chi connectivity index (χ4n) is 1.82. The molecule has 1 unspecified atom stereocenters. The highest BCUT2D eigenvalue weighted by Crippen LogP contribution is 2.35. The Kier molecular flexibility index (Phi) is 4.53. The van der Waals surface area contributed by atoms with Crippen molar-refractivity contribution in [1.82, 2.24) is 0 Å². The molecule has 0 amide bonds. The first-order chi connectivity index (χ1) is 8.58. The summed E-state index contributed by atoms with van der Waals surface area (Å²) < 4.78 is 6.64. The van der Waals surface area contributed by atoms with E-state index in [0.29, 0.717) is 11.5 Å². The van der Waals surface area contributed by atoms with Gasteiger partial charge in [0.25, 0.3) is 0 Å². The summed E-state index contributed by atoms with van der Waals surface area (Å²) in [5.41, 5.74) is 7.77. The number of aliphatic carboxylic acids is 1. The van der Waals surface area contributed by atoms with Crippen molar-refractivity contribution in [2.75, 3.05) is 12.4 Å². The molecule has 3 N–H and O–H groups in total. The van der Waals surface area contributed by atoms with Gasteiger partial charge in [-0.15, -0.1) is 0 Å². The summed E-state index contributed by atoms with van der Waals surface area (Å²) in [6.07, 6.45) is 0.932. The number of halogens is 1. The van der Waals surface area contributed by atoms with E-state index in [9.17, 15) is 4.79 Å². The van der Waals surface area contributed by atoms with Gasteiger partial charge in [-0.1, -0.05) is 15.9 Å². The third-order valence-electron chi connectivity index (χ3n) is 2.70. The monoisotopic (exact) mass is 331 g/mol.